The van der Waals surface area contributed by atoms with Crippen LogP contribution in [-0.2, 0) is 9.47 Å². The summed E-state index contributed by atoms with van der Waals surface area (Å²) in [6, 6.07) is 2.08. The van der Waals surface area contributed by atoms with E-state index >= 15 is 0 Å². The zero-order valence-corrected chi connectivity index (χ0v) is 10.7. The van der Waals surface area contributed by atoms with Gasteiger partial charge in [0.15, 0.2) is 0 Å². The number of carbonyl (C=O) groups is 1. The largest absolute Gasteiger partial charge is 0.444 e. The van der Waals surface area contributed by atoms with Gasteiger partial charge in [0.05, 0.1) is 25.3 Å². The number of carbonyl (C=O) groups excluding carboxylic acids is 1. The first-order valence-electron chi connectivity index (χ1n) is 5.89. The molecule has 0 N–H and O–H groups in total. The molecule has 0 aromatic carbocycles. The minimum atomic E-state index is -0.475. The second-order valence-electron chi connectivity index (χ2n) is 5.12. The molecular weight excluding hydrogens is 220 g/mol. The van der Waals surface area contributed by atoms with E-state index in [9.17, 15) is 4.79 Å². The molecule has 1 unspecified atom stereocenters. The molecule has 96 valence electrons. The molecule has 1 fully saturated rings. The van der Waals surface area contributed by atoms with Gasteiger partial charge in [-0.05, 0) is 27.2 Å². The Balaban J connectivity index is 2.43. The van der Waals surface area contributed by atoms with E-state index in [1.807, 2.05) is 20.8 Å². The van der Waals surface area contributed by atoms with Crippen LogP contribution in [0.4, 0.5) is 4.79 Å². The first-order valence-corrected chi connectivity index (χ1v) is 5.89. The minimum Gasteiger partial charge on any atom is -0.444 e. The summed E-state index contributed by atoms with van der Waals surface area (Å²) in [6.45, 7) is 7.11. The predicted octanol–water partition coefficient (Wildman–Crippen LogP) is 1.93. The minimum absolute atomic E-state index is 0.0454. The molecule has 17 heavy (non-hydrogen) atoms. The standard InChI is InChI=1S/C12H20N2O3/c1-12(2,3)17-11(15)14-7-8-16-10(9-14)5-4-6-13/h10H,4-5,7-9H2,1-3H3. The number of hydrogen-bond donors (Lipinski definition) is 0. The first-order chi connectivity index (χ1) is 7.92. The zero-order chi connectivity index (χ0) is 12.9. The van der Waals surface area contributed by atoms with Crippen molar-refractivity contribution >= 4 is 6.09 Å². The maximum atomic E-state index is 11.8. The van der Waals surface area contributed by atoms with E-state index in [4.69, 9.17) is 14.7 Å². The van der Waals surface area contributed by atoms with Gasteiger partial charge in [-0.15, -0.1) is 0 Å². The summed E-state index contributed by atoms with van der Waals surface area (Å²) in [5.41, 5.74) is -0.475. The molecule has 5 heteroatoms. The summed E-state index contributed by atoms with van der Waals surface area (Å²) >= 11 is 0. The maximum absolute atomic E-state index is 11.8. The highest BCUT2D eigenvalue weighted by Crippen LogP contribution is 2.15. The SMILES string of the molecule is CC(C)(C)OC(=O)N1CCOC(CCC#N)C1. The highest BCUT2D eigenvalue weighted by atomic mass is 16.6. The lowest BCUT2D eigenvalue weighted by atomic mass is 10.1. The Morgan fingerprint density at radius 2 is 2.29 bits per heavy atom. The van der Waals surface area contributed by atoms with Crippen molar-refractivity contribution in [2.75, 3.05) is 19.7 Å². The van der Waals surface area contributed by atoms with Crippen LogP contribution in [0, 0.1) is 11.3 Å². The maximum Gasteiger partial charge on any atom is 0.410 e. The van der Waals surface area contributed by atoms with Crippen LogP contribution in [0.3, 0.4) is 0 Å². The van der Waals surface area contributed by atoms with Gasteiger partial charge in [-0.2, -0.15) is 5.26 Å². The number of amides is 1. The Bertz CT molecular complexity index is 304. The first kappa shape index (κ1) is 13.8. The van der Waals surface area contributed by atoms with E-state index in [1.54, 1.807) is 4.90 Å². The number of nitrogens with zero attached hydrogens (tertiary/aromatic N) is 2. The molecule has 0 aromatic heterocycles. The summed E-state index contributed by atoms with van der Waals surface area (Å²) in [4.78, 5) is 13.5. The molecule has 0 aliphatic carbocycles. The second kappa shape index (κ2) is 5.87. The lowest BCUT2D eigenvalue weighted by Gasteiger charge is -2.34. The van der Waals surface area contributed by atoms with Crippen LogP contribution in [-0.4, -0.2) is 42.4 Å². The molecule has 0 bridgehead atoms. The molecule has 1 heterocycles. The van der Waals surface area contributed by atoms with Crippen molar-refractivity contribution < 1.29 is 14.3 Å². The molecule has 1 aliphatic rings. The number of hydrogen-bond acceptors (Lipinski definition) is 4. The zero-order valence-electron chi connectivity index (χ0n) is 10.7. The molecular formula is C12H20N2O3. The smallest absolute Gasteiger partial charge is 0.410 e. The third-order valence-corrected chi connectivity index (χ3v) is 2.37. The molecule has 1 amide bonds. The Morgan fingerprint density at radius 3 is 2.88 bits per heavy atom. The van der Waals surface area contributed by atoms with Gasteiger partial charge in [0.25, 0.3) is 0 Å². The van der Waals surface area contributed by atoms with Crippen molar-refractivity contribution in [2.24, 2.45) is 0 Å². The lowest BCUT2D eigenvalue weighted by Crippen LogP contribution is -2.47. The summed E-state index contributed by atoms with van der Waals surface area (Å²) in [7, 11) is 0. The van der Waals surface area contributed by atoms with Crippen LogP contribution in [0.5, 0.6) is 0 Å². The number of rotatable bonds is 2. The van der Waals surface area contributed by atoms with E-state index in [1.165, 1.54) is 0 Å². The fraction of sp³-hybridized carbons (Fsp3) is 0.833. The molecule has 5 nitrogen and oxygen atoms in total. The summed E-state index contributed by atoms with van der Waals surface area (Å²) in [5.74, 6) is 0. The van der Waals surface area contributed by atoms with Gasteiger partial charge in [-0.1, -0.05) is 0 Å². The molecule has 0 aromatic rings. The van der Waals surface area contributed by atoms with Crippen LogP contribution in [0.1, 0.15) is 33.6 Å². The van der Waals surface area contributed by atoms with E-state index in [0.29, 0.717) is 32.5 Å². The fourth-order valence-electron chi connectivity index (χ4n) is 1.61. The quantitative estimate of drug-likeness (QED) is 0.739. The van der Waals surface area contributed by atoms with Gasteiger partial charge in [0, 0.05) is 13.0 Å². The van der Waals surface area contributed by atoms with E-state index < -0.39 is 5.60 Å². The Kier molecular flexibility index (Phi) is 4.76. The van der Waals surface area contributed by atoms with Crippen LogP contribution in [0.2, 0.25) is 0 Å². The van der Waals surface area contributed by atoms with Crippen LogP contribution in [0.15, 0.2) is 0 Å². The van der Waals surface area contributed by atoms with Crippen molar-refractivity contribution in [3.63, 3.8) is 0 Å². The average molecular weight is 240 g/mol. The van der Waals surface area contributed by atoms with Crippen LogP contribution >= 0.6 is 0 Å². The van der Waals surface area contributed by atoms with Crippen molar-refractivity contribution in [3.8, 4) is 6.07 Å². The van der Waals surface area contributed by atoms with Gasteiger partial charge in [0.1, 0.15) is 5.60 Å². The highest BCUT2D eigenvalue weighted by Gasteiger charge is 2.27. The van der Waals surface area contributed by atoms with Crippen LogP contribution < -0.4 is 0 Å². The second-order valence-corrected chi connectivity index (χ2v) is 5.12. The Morgan fingerprint density at radius 1 is 1.59 bits per heavy atom. The molecule has 1 rings (SSSR count). The topological polar surface area (TPSA) is 62.6 Å². The Labute approximate surface area is 102 Å². The van der Waals surface area contributed by atoms with Crippen molar-refractivity contribution in [1.82, 2.24) is 4.90 Å². The molecule has 1 saturated heterocycles. The fourth-order valence-corrected chi connectivity index (χ4v) is 1.61. The highest BCUT2D eigenvalue weighted by molar-refractivity contribution is 5.68. The number of morpholine rings is 1. The van der Waals surface area contributed by atoms with Gasteiger partial charge >= 0.3 is 6.09 Å². The third kappa shape index (κ3) is 5.05. The molecule has 1 aliphatic heterocycles. The van der Waals surface area contributed by atoms with Gasteiger partial charge in [-0.25, -0.2) is 4.79 Å². The van der Waals surface area contributed by atoms with Gasteiger partial charge < -0.3 is 14.4 Å². The van der Waals surface area contributed by atoms with Crippen LogP contribution in [0.25, 0.3) is 0 Å². The molecule has 0 saturated carbocycles. The van der Waals surface area contributed by atoms with E-state index in [0.717, 1.165) is 0 Å². The molecule has 1 atom stereocenters. The van der Waals surface area contributed by atoms with Crippen molar-refractivity contribution in [3.05, 3.63) is 0 Å². The number of ether oxygens (including phenoxy) is 2. The van der Waals surface area contributed by atoms with E-state index in [2.05, 4.69) is 6.07 Å². The normalized spacial score (nSPS) is 20.8. The van der Waals surface area contributed by atoms with Gasteiger partial charge in [-0.3, -0.25) is 0 Å². The van der Waals surface area contributed by atoms with E-state index in [-0.39, 0.29) is 12.2 Å². The third-order valence-electron chi connectivity index (χ3n) is 2.37. The van der Waals surface area contributed by atoms with Crippen molar-refractivity contribution in [2.45, 2.75) is 45.3 Å². The monoisotopic (exact) mass is 240 g/mol. The lowest BCUT2D eigenvalue weighted by molar-refractivity contribution is -0.0439. The summed E-state index contributed by atoms with van der Waals surface area (Å²) < 4.78 is 10.8. The summed E-state index contributed by atoms with van der Waals surface area (Å²) in [6.07, 6.45) is 0.765. The number of nitriles is 1. The molecule has 0 radical (unpaired) electrons. The Hall–Kier alpha value is -1.28. The van der Waals surface area contributed by atoms with Crippen molar-refractivity contribution in [1.29, 1.82) is 5.26 Å². The molecule has 0 spiro atoms. The average Bonchev–Trinajstić information content (AvgIpc) is 2.24. The predicted molar refractivity (Wildman–Crippen MR) is 62.4 cm³/mol. The summed E-state index contributed by atoms with van der Waals surface area (Å²) in [5, 5.41) is 8.51. The van der Waals surface area contributed by atoms with Gasteiger partial charge in [0.2, 0.25) is 0 Å².